The second-order valence-electron chi connectivity index (χ2n) is 6.34. The van der Waals surface area contributed by atoms with Crippen molar-refractivity contribution in [3.63, 3.8) is 0 Å². The van der Waals surface area contributed by atoms with Gasteiger partial charge in [0.15, 0.2) is 0 Å². The van der Waals surface area contributed by atoms with Crippen molar-refractivity contribution < 1.29 is 22.8 Å². The number of aromatic nitrogens is 2. The second-order valence-corrected chi connectivity index (χ2v) is 6.34. The second kappa shape index (κ2) is 6.64. The van der Waals surface area contributed by atoms with E-state index in [4.69, 9.17) is 4.52 Å². The van der Waals surface area contributed by atoms with Crippen LogP contribution in [0.4, 0.5) is 19.1 Å². The first kappa shape index (κ1) is 17.7. The van der Waals surface area contributed by atoms with Crippen LogP contribution in [0, 0.1) is 0 Å². The summed E-state index contributed by atoms with van der Waals surface area (Å²) >= 11 is 0. The highest BCUT2D eigenvalue weighted by Gasteiger charge is 2.35. The van der Waals surface area contributed by atoms with Crippen LogP contribution < -0.4 is 4.90 Å². The lowest BCUT2D eigenvalue weighted by molar-refractivity contribution is -0.137. The number of β-amino-alcohol motifs (C(OH)–C–C–N with tert-alkyl or cyclic N) is 1. The van der Waals surface area contributed by atoms with Crippen LogP contribution in [0.5, 0.6) is 0 Å². The van der Waals surface area contributed by atoms with E-state index in [9.17, 15) is 18.3 Å². The maximum Gasteiger partial charge on any atom is 0.416 e. The molecule has 0 amide bonds. The maximum atomic E-state index is 13.0. The summed E-state index contributed by atoms with van der Waals surface area (Å²) < 4.78 is 44.0. The van der Waals surface area contributed by atoms with Gasteiger partial charge in [-0.15, -0.1) is 0 Å². The van der Waals surface area contributed by atoms with Gasteiger partial charge in [-0.25, -0.2) is 0 Å². The fraction of sp³-hybridized carbons (Fsp3) is 0.500. The third kappa shape index (κ3) is 3.93. The molecule has 25 heavy (non-hydrogen) atoms. The molecule has 0 saturated carbocycles. The average molecular weight is 356 g/mol. The molecule has 1 aliphatic heterocycles. The van der Waals surface area contributed by atoms with Gasteiger partial charge >= 0.3 is 6.18 Å². The number of hydrogen-bond acceptors (Lipinski definition) is 6. The monoisotopic (exact) mass is 356 g/mol. The molecule has 1 aromatic heterocycles. The Morgan fingerprint density at radius 2 is 2.12 bits per heavy atom. The summed E-state index contributed by atoms with van der Waals surface area (Å²) in [5.74, 6) is 0.778. The van der Waals surface area contributed by atoms with Crippen molar-refractivity contribution in [2.45, 2.75) is 31.3 Å². The van der Waals surface area contributed by atoms with Crippen molar-refractivity contribution in [1.29, 1.82) is 0 Å². The number of halogens is 3. The molecule has 0 radical (unpaired) electrons. The predicted octanol–water partition coefficient (Wildman–Crippen LogP) is 2.46. The SMILES string of the molecule is CN(C)c1noc(CN2C[C@@H](O)C[C@H]2c2cccc(C(F)(F)F)c2)n1. The van der Waals surface area contributed by atoms with Gasteiger partial charge in [0.2, 0.25) is 5.89 Å². The van der Waals surface area contributed by atoms with E-state index in [1.807, 2.05) is 4.90 Å². The van der Waals surface area contributed by atoms with Crippen LogP contribution in [0.1, 0.15) is 29.5 Å². The largest absolute Gasteiger partial charge is 0.416 e. The molecule has 2 heterocycles. The van der Waals surface area contributed by atoms with Gasteiger partial charge in [0, 0.05) is 26.7 Å². The van der Waals surface area contributed by atoms with E-state index in [1.165, 1.54) is 6.07 Å². The first-order valence-corrected chi connectivity index (χ1v) is 7.83. The Kier molecular flexibility index (Phi) is 4.70. The molecule has 1 fully saturated rings. The maximum absolute atomic E-state index is 13.0. The van der Waals surface area contributed by atoms with Crippen LogP contribution in [-0.2, 0) is 12.7 Å². The van der Waals surface area contributed by atoms with E-state index >= 15 is 0 Å². The van der Waals surface area contributed by atoms with Gasteiger partial charge in [-0.1, -0.05) is 12.1 Å². The molecule has 1 N–H and O–H groups in total. The average Bonchev–Trinajstić information content (AvgIpc) is 3.14. The van der Waals surface area contributed by atoms with E-state index in [1.54, 1.807) is 25.1 Å². The molecule has 2 aromatic rings. The predicted molar refractivity (Wildman–Crippen MR) is 83.8 cm³/mol. The van der Waals surface area contributed by atoms with Gasteiger partial charge in [0.05, 0.1) is 18.2 Å². The van der Waals surface area contributed by atoms with Crippen molar-refractivity contribution >= 4 is 5.95 Å². The normalized spacial score (nSPS) is 21.7. The Labute approximate surface area is 142 Å². The Bertz CT molecular complexity index is 732. The zero-order valence-electron chi connectivity index (χ0n) is 13.9. The number of benzene rings is 1. The summed E-state index contributed by atoms with van der Waals surface area (Å²) in [6, 6.07) is 4.86. The van der Waals surface area contributed by atoms with Crippen LogP contribution in [0.2, 0.25) is 0 Å². The number of anilines is 1. The molecule has 9 heteroatoms. The highest BCUT2D eigenvalue weighted by atomic mass is 19.4. The van der Waals surface area contributed by atoms with Gasteiger partial charge in [-0.05, 0) is 29.3 Å². The van der Waals surface area contributed by atoms with Crippen molar-refractivity contribution in [3.05, 3.63) is 41.3 Å². The van der Waals surface area contributed by atoms with Gasteiger partial charge in [0.25, 0.3) is 5.95 Å². The van der Waals surface area contributed by atoms with Crippen molar-refractivity contribution in [1.82, 2.24) is 15.0 Å². The fourth-order valence-electron chi connectivity index (χ4n) is 2.99. The summed E-state index contributed by atoms with van der Waals surface area (Å²) in [5.41, 5.74) is -0.183. The van der Waals surface area contributed by atoms with E-state index in [2.05, 4.69) is 10.1 Å². The Hall–Kier alpha value is -2.13. The zero-order chi connectivity index (χ0) is 18.2. The molecule has 3 rings (SSSR count). The zero-order valence-corrected chi connectivity index (χ0v) is 13.9. The summed E-state index contributed by atoms with van der Waals surface area (Å²) in [5, 5.41) is 13.8. The van der Waals surface area contributed by atoms with Crippen molar-refractivity contribution in [2.75, 3.05) is 25.5 Å². The van der Waals surface area contributed by atoms with Crippen LogP contribution in [0.15, 0.2) is 28.8 Å². The highest BCUT2D eigenvalue weighted by molar-refractivity contribution is 5.29. The van der Waals surface area contributed by atoms with Crippen LogP contribution in [-0.4, -0.2) is 46.9 Å². The molecule has 2 atom stereocenters. The molecular weight excluding hydrogens is 337 g/mol. The molecule has 0 aliphatic carbocycles. The minimum atomic E-state index is -4.40. The molecular formula is C16H19F3N4O2. The molecule has 136 valence electrons. The molecule has 0 spiro atoms. The Morgan fingerprint density at radius 1 is 1.36 bits per heavy atom. The number of alkyl halides is 3. The van der Waals surface area contributed by atoms with Crippen LogP contribution >= 0.6 is 0 Å². The van der Waals surface area contributed by atoms with Crippen LogP contribution in [0.25, 0.3) is 0 Å². The lowest BCUT2D eigenvalue weighted by Gasteiger charge is -2.23. The first-order valence-electron chi connectivity index (χ1n) is 7.83. The van der Waals surface area contributed by atoms with Crippen LogP contribution in [0.3, 0.4) is 0 Å². The van der Waals surface area contributed by atoms with Crippen molar-refractivity contribution in [2.24, 2.45) is 0 Å². The lowest BCUT2D eigenvalue weighted by atomic mass is 10.0. The summed E-state index contributed by atoms with van der Waals surface area (Å²) in [7, 11) is 3.55. The van der Waals surface area contributed by atoms with E-state index < -0.39 is 17.8 Å². The number of rotatable bonds is 4. The van der Waals surface area contributed by atoms with Gasteiger partial charge in [-0.2, -0.15) is 18.2 Å². The third-order valence-electron chi connectivity index (χ3n) is 4.18. The molecule has 1 saturated heterocycles. The van der Waals surface area contributed by atoms with Gasteiger partial charge in [0.1, 0.15) is 0 Å². The molecule has 6 nitrogen and oxygen atoms in total. The molecule has 1 aliphatic rings. The third-order valence-corrected chi connectivity index (χ3v) is 4.18. The minimum absolute atomic E-state index is 0.263. The molecule has 1 aromatic carbocycles. The molecule has 0 unspecified atom stereocenters. The van der Waals surface area contributed by atoms with E-state index in [0.29, 0.717) is 30.4 Å². The standard InChI is InChI=1S/C16H19F3N4O2/c1-22(2)15-20-14(25-21-15)9-23-8-12(24)7-13(23)10-4-3-5-11(6-10)16(17,18)19/h3-6,12-13,24H,7-9H2,1-2H3/t12-,13-/m0/s1. The van der Waals surface area contributed by atoms with E-state index in [0.717, 1.165) is 12.1 Å². The highest BCUT2D eigenvalue weighted by Crippen LogP contribution is 2.36. The number of hydrogen-bond donors (Lipinski definition) is 1. The minimum Gasteiger partial charge on any atom is -0.392 e. The lowest BCUT2D eigenvalue weighted by Crippen LogP contribution is -2.24. The number of likely N-dealkylation sites (tertiary alicyclic amines) is 1. The summed E-state index contributed by atoms with van der Waals surface area (Å²) in [6.07, 6.45) is -4.66. The van der Waals surface area contributed by atoms with E-state index in [-0.39, 0.29) is 12.6 Å². The first-order chi connectivity index (χ1) is 11.7. The number of nitrogens with zero attached hydrogens (tertiary/aromatic N) is 4. The fourth-order valence-corrected chi connectivity index (χ4v) is 2.99. The van der Waals surface area contributed by atoms with Gasteiger partial charge < -0.3 is 14.5 Å². The topological polar surface area (TPSA) is 65.6 Å². The number of aliphatic hydroxyl groups is 1. The quantitative estimate of drug-likeness (QED) is 0.908. The van der Waals surface area contributed by atoms with Gasteiger partial charge in [-0.3, -0.25) is 4.90 Å². The molecule has 0 bridgehead atoms. The Morgan fingerprint density at radius 3 is 2.76 bits per heavy atom. The summed E-state index contributed by atoms with van der Waals surface area (Å²) in [6.45, 7) is 0.597. The number of aliphatic hydroxyl groups excluding tert-OH is 1. The Balaban J connectivity index is 1.82. The smallest absolute Gasteiger partial charge is 0.392 e. The summed E-state index contributed by atoms with van der Waals surface area (Å²) in [4.78, 5) is 7.77. The van der Waals surface area contributed by atoms with Crippen molar-refractivity contribution in [3.8, 4) is 0 Å².